The Kier molecular flexibility index (Phi) is 4.85. The van der Waals surface area contributed by atoms with Gasteiger partial charge in [0.1, 0.15) is 11.2 Å². The Bertz CT molecular complexity index is 650. The van der Waals surface area contributed by atoms with Gasteiger partial charge in [-0.1, -0.05) is 0 Å². The van der Waals surface area contributed by atoms with E-state index >= 15 is 0 Å². The van der Waals surface area contributed by atoms with Crippen molar-refractivity contribution in [3.63, 3.8) is 0 Å². The van der Waals surface area contributed by atoms with E-state index in [9.17, 15) is 9.59 Å². The van der Waals surface area contributed by atoms with Crippen molar-refractivity contribution < 1.29 is 19.1 Å². The SMILES string of the molecule is CCOC(=O)C(C(=O)OCC)c1ncnc2sc(C)cc12. The zero-order valence-corrected chi connectivity index (χ0v) is 12.9. The molecule has 0 N–H and O–H groups in total. The average molecular weight is 308 g/mol. The molecule has 21 heavy (non-hydrogen) atoms. The third kappa shape index (κ3) is 3.18. The first-order valence-electron chi connectivity index (χ1n) is 6.62. The van der Waals surface area contributed by atoms with E-state index in [1.807, 2.05) is 13.0 Å². The molecule has 0 radical (unpaired) electrons. The molecule has 0 aromatic carbocycles. The van der Waals surface area contributed by atoms with Gasteiger partial charge in [-0.2, -0.15) is 0 Å². The van der Waals surface area contributed by atoms with Crippen LogP contribution in [0.5, 0.6) is 0 Å². The van der Waals surface area contributed by atoms with E-state index in [4.69, 9.17) is 9.47 Å². The first-order chi connectivity index (χ1) is 10.1. The van der Waals surface area contributed by atoms with Gasteiger partial charge in [0.2, 0.25) is 0 Å². The van der Waals surface area contributed by atoms with Crippen LogP contribution in [-0.4, -0.2) is 35.1 Å². The lowest BCUT2D eigenvalue weighted by molar-refractivity contribution is -0.157. The molecule has 0 aliphatic rings. The van der Waals surface area contributed by atoms with Crippen LogP contribution in [0.2, 0.25) is 0 Å². The second-order valence-electron chi connectivity index (χ2n) is 4.27. The highest BCUT2D eigenvalue weighted by atomic mass is 32.1. The maximum absolute atomic E-state index is 12.1. The Hall–Kier alpha value is -2.02. The van der Waals surface area contributed by atoms with Crippen LogP contribution in [0, 0.1) is 6.92 Å². The number of esters is 2. The van der Waals surface area contributed by atoms with Crippen LogP contribution < -0.4 is 0 Å². The molecule has 0 spiro atoms. The fourth-order valence-corrected chi connectivity index (χ4v) is 2.85. The highest BCUT2D eigenvalue weighted by molar-refractivity contribution is 7.18. The standard InChI is InChI=1S/C14H16N2O4S/c1-4-19-13(17)10(14(18)20-5-2)11-9-6-8(3)21-12(9)16-7-15-11/h6-7,10H,4-5H2,1-3H3. The van der Waals surface area contributed by atoms with E-state index in [0.29, 0.717) is 11.1 Å². The molecule has 2 aromatic heterocycles. The molecule has 6 nitrogen and oxygen atoms in total. The predicted molar refractivity (Wildman–Crippen MR) is 78.2 cm³/mol. The summed E-state index contributed by atoms with van der Waals surface area (Å²) in [5.74, 6) is -2.48. The molecule has 0 saturated heterocycles. The van der Waals surface area contributed by atoms with Crippen molar-refractivity contribution in [2.45, 2.75) is 26.7 Å². The van der Waals surface area contributed by atoms with Gasteiger partial charge in [0.15, 0.2) is 5.92 Å². The maximum Gasteiger partial charge on any atom is 0.326 e. The van der Waals surface area contributed by atoms with Crippen molar-refractivity contribution in [2.24, 2.45) is 0 Å². The third-order valence-electron chi connectivity index (χ3n) is 2.80. The number of thiophene rings is 1. The topological polar surface area (TPSA) is 78.4 Å². The van der Waals surface area contributed by atoms with Crippen molar-refractivity contribution in [1.82, 2.24) is 9.97 Å². The quantitative estimate of drug-likeness (QED) is 0.622. The van der Waals surface area contributed by atoms with Crippen LogP contribution in [0.3, 0.4) is 0 Å². The van der Waals surface area contributed by atoms with Gasteiger partial charge in [-0.3, -0.25) is 9.59 Å². The number of aromatic nitrogens is 2. The number of nitrogens with zero attached hydrogens (tertiary/aromatic N) is 2. The minimum absolute atomic E-state index is 0.186. The van der Waals surface area contributed by atoms with Gasteiger partial charge in [0, 0.05) is 10.3 Å². The molecule has 2 aromatic rings. The minimum Gasteiger partial charge on any atom is -0.465 e. The lowest BCUT2D eigenvalue weighted by atomic mass is 10.0. The number of carbonyl (C=O) groups excluding carboxylic acids is 2. The van der Waals surface area contributed by atoms with Gasteiger partial charge in [-0.15, -0.1) is 11.3 Å². The zero-order valence-electron chi connectivity index (χ0n) is 12.1. The Morgan fingerprint density at radius 3 is 2.38 bits per heavy atom. The highest BCUT2D eigenvalue weighted by Gasteiger charge is 2.34. The molecule has 0 aliphatic heterocycles. The molecule has 0 unspecified atom stereocenters. The summed E-state index contributed by atoms with van der Waals surface area (Å²) in [4.78, 5) is 34.3. The molecule has 112 valence electrons. The molecule has 0 saturated carbocycles. The third-order valence-corrected chi connectivity index (χ3v) is 3.76. The van der Waals surface area contributed by atoms with Crippen LogP contribution in [0.15, 0.2) is 12.4 Å². The summed E-state index contributed by atoms with van der Waals surface area (Å²) >= 11 is 1.48. The van der Waals surface area contributed by atoms with Crippen LogP contribution in [0.25, 0.3) is 10.2 Å². The van der Waals surface area contributed by atoms with Crippen molar-refractivity contribution in [2.75, 3.05) is 13.2 Å². The van der Waals surface area contributed by atoms with Crippen molar-refractivity contribution in [1.29, 1.82) is 0 Å². The van der Waals surface area contributed by atoms with E-state index in [1.165, 1.54) is 17.7 Å². The number of hydrogen-bond acceptors (Lipinski definition) is 7. The van der Waals surface area contributed by atoms with Crippen LogP contribution in [0.4, 0.5) is 0 Å². The Morgan fingerprint density at radius 1 is 1.19 bits per heavy atom. The van der Waals surface area contributed by atoms with Gasteiger partial charge >= 0.3 is 11.9 Å². The largest absolute Gasteiger partial charge is 0.465 e. The Morgan fingerprint density at radius 2 is 1.81 bits per heavy atom. The monoisotopic (exact) mass is 308 g/mol. The lowest BCUT2D eigenvalue weighted by Gasteiger charge is -2.14. The van der Waals surface area contributed by atoms with E-state index < -0.39 is 17.9 Å². The summed E-state index contributed by atoms with van der Waals surface area (Å²) in [6, 6.07) is 1.86. The van der Waals surface area contributed by atoms with Crippen molar-refractivity contribution in [3.8, 4) is 0 Å². The van der Waals surface area contributed by atoms with E-state index in [1.54, 1.807) is 13.8 Å². The second-order valence-corrected chi connectivity index (χ2v) is 5.51. The summed E-state index contributed by atoms with van der Waals surface area (Å²) in [5, 5.41) is 0.686. The summed E-state index contributed by atoms with van der Waals surface area (Å²) in [7, 11) is 0. The molecule has 7 heteroatoms. The lowest BCUT2D eigenvalue weighted by Crippen LogP contribution is -2.27. The van der Waals surface area contributed by atoms with E-state index in [-0.39, 0.29) is 13.2 Å². The van der Waals surface area contributed by atoms with Crippen LogP contribution >= 0.6 is 11.3 Å². The molecular formula is C14H16N2O4S. The zero-order chi connectivity index (χ0) is 15.4. The number of fused-ring (bicyclic) bond motifs is 1. The first kappa shape index (κ1) is 15.4. The van der Waals surface area contributed by atoms with Gasteiger partial charge in [0.25, 0.3) is 0 Å². The van der Waals surface area contributed by atoms with Gasteiger partial charge in [0.05, 0.1) is 18.9 Å². The molecule has 2 rings (SSSR count). The summed E-state index contributed by atoms with van der Waals surface area (Å²) in [6.45, 7) is 5.67. The molecule has 0 bridgehead atoms. The van der Waals surface area contributed by atoms with Crippen molar-refractivity contribution in [3.05, 3.63) is 23.0 Å². The summed E-state index contributed by atoms with van der Waals surface area (Å²) in [6.07, 6.45) is 1.35. The minimum atomic E-state index is -1.18. The fourth-order valence-electron chi connectivity index (χ4n) is 2.00. The smallest absolute Gasteiger partial charge is 0.326 e. The average Bonchev–Trinajstić information content (AvgIpc) is 2.81. The molecule has 0 amide bonds. The summed E-state index contributed by atoms with van der Waals surface area (Å²) in [5.41, 5.74) is 0.334. The number of aryl methyl sites for hydroxylation is 1. The van der Waals surface area contributed by atoms with E-state index in [2.05, 4.69) is 9.97 Å². The highest BCUT2D eigenvalue weighted by Crippen LogP contribution is 2.30. The second kappa shape index (κ2) is 6.62. The summed E-state index contributed by atoms with van der Waals surface area (Å²) < 4.78 is 9.97. The molecule has 0 aliphatic carbocycles. The van der Waals surface area contributed by atoms with Gasteiger partial charge < -0.3 is 9.47 Å². The van der Waals surface area contributed by atoms with Crippen molar-refractivity contribution >= 4 is 33.5 Å². The number of hydrogen-bond donors (Lipinski definition) is 0. The normalized spacial score (nSPS) is 10.9. The first-order valence-corrected chi connectivity index (χ1v) is 7.44. The predicted octanol–water partition coefficient (Wildman–Crippen LogP) is 2.21. The number of rotatable bonds is 5. The molecule has 0 atom stereocenters. The Labute approximate surface area is 126 Å². The van der Waals surface area contributed by atoms with Crippen LogP contribution in [0.1, 0.15) is 30.3 Å². The van der Waals surface area contributed by atoms with Crippen LogP contribution in [-0.2, 0) is 19.1 Å². The molecule has 2 heterocycles. The molecular weight excluding hydrogens is 292 g/mol. The van der Waals surface area contributed by atoms with E-state index in [0.717, 1.165) is 9.71 Å². The Balaban J connectivity index is 2.52. The number of ether oxygens (including phenoxy) is 2. The van der Waals surface area contributed by atoms with Gasteiger partial charge in [-0.05, 0) is 26.8 Å². The number of carbonyl (C=O) groups is 2. The van der Waals surface area contributed by atoms with Gasteiger partial charge in [-0.25, -0.2) is 9.97 Å². The maximum atomic E-state index is 12.1. The fraction of sp³-hybridized carbons (Fsp3) is 0.429. The molecule has 0 fully saturated rings.